The fraction of sp³-hybridized carbons (Fsp3) is 0.316. The van der Waals surface area contributed by atoms with Crippen LogP contribution in [0.4, 0.5) is 0 Å². The number of thiophene rings is 1. The lowest BCUT2D eigenvalue weighted by Crippen LogP contribution is -2.34. The minimum Gasteiger partial charge on any atom is -0.361 e. The van der Waals surface area contributed by atoms with Crippen LogP contribution >= 0.6 is 11.3 Å². The van der Waals surface area contributed by atoms with Gasteiger partial charge in [0.2, 0.25) is 5.91 Å². The van der Waals surface area contributed by atoms with Crippen molar-refractivity contribution in [2.75, 3.05) is 18.8 Å². The predicted octanol–water partition coefficient (Wildman–Crippen LogP) is 3.16. The molecule has 1 fully saturated rings. The molecule has 4 rings (SSSR count). The highest BCUT2D eigenvalue weighted by atomic mass is 32.2. The molecule has 0 radical (unpaired) electrons. The molecule has 1 aliphatic rings. The largest absolute Gasteiger partial charge is 0.361 e. The Morgan fingerprint density at radius 1 is 1.19 bits per heavy atom. The summed E-state index contributed by atoms with van der Waals surface area (Å²) in [5.74, 6) is 0.00614. The Labute approximate surface area is 156 Å². The van der Waals surface area contributed by atoms with Crippen LogP contribution in [0.1, 0.15) is 22.1 Å². The minimum atomic E-state index is -3.24. The molecule has 5 nitrogen and oxygen atoms in total. The number of hydrogen-bond acceptors (Lipinski definition) is 4. The first-order valence-electron chi connectivity index (χ1n) is 8.62. The molecule has 26 heavy (non-hydrogen) atoms. The smallest absolute Gasteiger partial charge is 0.227 e. The van der Waals surface area contributed by atoms with Crippen LogP contribution in [0, 0.1) is 0 Å². The molecule has 3 heterocycles. The van der Waals surface area contributed by atoms with Crippen molar-refractivity contribution in [3.8, 4) is 0 Å². The molecule has 1 aromatic carbocycles. The quantitative estimate of drug-likeness (QED) is 0.749. The molecule has 3 aromatic rings. The average molecular weight is 389 g/mol. The van der Waals surface area contributed by atoms with E-state index >= 15 is 0 Å². The van der Waals surface area contributed by atoms with Gasteiger partial charge in [0.25, 0.3) is 0 Å². The van der Waals surface area contributed by atoms with Gasteiger partial charge in [-0.2, -0.15) is 0 Å². The van der Waals surface area contributed by atoms with Crippen LogP contribution in [0.5, 0.6) is 0 Å². The summed E-state index contributed by atoms with van der Waals surface area (Å²) in [6.07, 6.45) is 2.61. The summed E-state index contributed by atoms with van der Waals surface area (Å²) in [6, 6.07) is 11.6. The van der Waals surface area contributed by atoms with Crippen LogP contribution in [0.25, 0.3) is 10.9 Å². The number of para-hydroxylation sites is 1. The second kappa shape index (κ2) is 6.89. The van der Waals surface area contributed by atoms with Gasteiger partial charge in [-0.25, -0.2) is 8.42 Å². The third kappa shape index (κ3) is 3.29. The zero-order valence-electron chi connectivity index (χ0n) is 14.2. The highest BCUT2D eigenvalue weighted by Gasteiger charge is 2.33. The molecular formula is C19H20N2O3S2. The van der Waals surface area contributed by atoms with Crippen LogP contribution < -0.4 is 0 Å². The lowest BCUT2D eigenvalue weighted by molar-refractivity contribution is -0.130. The average Bonchev–Trinajstić information content (AvgIpc) is 3.25. The van der Waals surface area contributed by atoms with E-state index in [1.807, 2.05) is 48.0 Å². The zero-order valence-corrected chi connectivity index (χ0v) is 15.9. The molecule has 0 saturated carbocycles. The summed E-state index contributed by atoms with van der Waals surface area (Å²) < 4.78 is 25.2. The second-order valence-corrected chi connectivity index (χ2v) is 9.86. The number of nitrogens with one attached hydrogen (secondary N) is 1. The molecule has 7 heteroatoms. The maximum Gasteiger partial charge on any atom is 0.227 e. The van der Waals surface area contributed by atoms with E-state index in [0.29, 0.717) is 13.0 Å². The van der Waals surface area contributed by atoms with Gasteiger partial charge in [0.1, 0.15) is 0 Å². The van der Waals surface area contributed by atoms with Crippen molar-refractivity contribution in [1.29, 1.82) is 0 Å². The Kier molecular flexibility index (Phi) is 4.58. The van der Waals surface area contributed by atoms with E-state index in [0.717, 1.165) is 21.3 Å². The van der Waals surface area contributed by atoms with Crippen molar-refractivity contribution >= 4 is 38.0 Å². The molecule has 2 aromatic heterocycles. The van der Waals surface area contributed by atoms with Crippen LogP contribution in [-0.2, 0) is 21.1 Å². The molecule has 1 saturated heterocycles. The van der Waals surface area contributed by atoms with Gasteiger partial charge in [-0.05, 0) is 29.5 Å². The van der Waals surface area contributed by atoms with E-state index in [-0.39, 0.29) is 24.6 Å². The summed E-state index contributed by atoms with van der Waals surface area (Å²) in [4.78, 5) is 18.5. The first-order valence-corrected chi connectivity index (χ1v) is 11.2. The molecule has 1 aliphatic heterocycles. The fourth-order valence-corrected chi connectivity index (χ4v) is 6.54. The molecule has 1 unspecified atom stereocenters. The van der Waals surface area contributed by atoms with Gasteiger partial charge in [0, 0.05) is 35.1 Å². The van der Waals surface area contributed by atoms with Gasteiger partial charge >= 0.3 is 0 Å². The monoisotopic (exact) mass is 388 g/mol. The number of H-pyrrole nitrogens is 1. The van der Waals surface area contributed by atoms with Crippen molar-refractivity contribution in [2.24, 2.45) is 0 Å². The number of nitrogens with zero attached hydrogens (tertiary/aromatic N) is 1. The lowest BCUT2D eigenvalue weighted by Gasteiger charge is -2.19. The lowest BCUT2D eigenvalue weighted by atomic mass is 10.1. The Bertz CT molecular complexity index is 1020. The van der Waals surface area contributed by atoms with E-state index in [9.17, 15) is 13.2 Å². The Balaban J connectivity index is 1.51. The van der Waals surface area contributed by atoms with Gasteiger partial charge in [0.15, 0.2) is 9.84 Å². The Morgan fingerprint density at radius 3 is 2.85 bits per heavy atom. The summed E-state index contributed by atoms with van der Waals surface area (Å²) >= 11 is 1.47. The molecular weight excluding hydrogens is 368 g/mol. The van der Waals surface area contributed by atoms with Crippen molar-refractivity contribution in [2.45, 2.75) is 18.1 Å². The summed E-state index contributed by atoms with van der Waals surface area (Å²) in [5.41, 5.74) is 1.96. The normalized spacial score (nSPS) is 20.2. The van der Waals surface area contributed by atoms with Crippen molar-refractivity contribution < 1.29 is 13.2 Å². The van der Waals surface area contributed by atoms with Gasteiger partial charge in [-0.3, -0.25) is 4.79 Å². The maximum atomic E-state index is 12.8. The van der Waals surface area contributed by atoms with E-state index < -0.39 is 15.1 Å². The van der Waals surface area contributed by atoms with Gasteiger partial charge in [-0.15, -0.1) is 11.3 Å². The topological polar surface area (TPSA) is 70.2 Å². The fourth-order valence-electron chi connectivity index (χ4n) is 3.54. The first kappa shape index (κ1) is 17.3. The van der Waals surface area contributed by atoms with Gasteiger partial charge in [-0.1, -0.05) is 24.3 Å². The van der Waals surface area contributed by atoms with Crippen LogP contribution in [0.3, 0.4) is 0 Å². The van der Waals surface area contributed by atoms with E-state index in [4.69, 9.17) is 0 Å². The number of fused-ring (bicyclic) bond motifs is 1. The number of aromatic nitrogens is 1. The molecule has 0 aliphatic carbocycles. The van der Waals surface area contributed by atoms with Gasteiger partial charge < -0.3 is 9.88 Å². The number of sulfone groups is 1. The Morgan fingerprint density at radius 2 is 2.04 bits per heavy atom. The minimum absolute atomic E-state index is 0.0169. The number of hydrogen-bond donors (Lipinski definition) is 1. The van der Waals surface area contributed by atoms with Crippen molar-refractivity contribution in [3.05, 3.63) is 58.4 Å². The number of benzene rings is 1. The zero-order chi connectivity index (χ0) is 18.1. The Hall–Kier alpha value is -2.12. The third-order valence-corrected chi connectivity index (χ3v) is 8.21. The predicted molar refractivity (Wildman–Crippen MR) is 104 cm³/mol. The number of rotatable bonds is 3. The van der Waals surface area contributed by atoms with Gasteiger partial charge in [0.05, 0.1) is 17.4 Å². The number of carbonyl (C=O) groups excluding carboxylic acids is 1. The van der Waals surface area contributed by atoms with Crippen LogP contribution in [0.2, 0.25) is 0 Å². The molecule has 0 spiro atoms. The third-order valence-electron chi connectivity index (χ3n) is 4.97. The summed E-state index contributed by atoms with van der Waals surface area (Å²) in [7, 11) is -3.24. The SMILES string of the molecule is O=C(Cc1c[nH]c2ccccc12)N1CCC(c2cccs2)S(=O)(=O)CC1. The van der Waals surface area contributed by atoms with Crippen molar-refractivity contribution in [1.82, 2.24) is 9.88 Å². The van der Waals surface area contributed by atoms with E-state index in [2.05, 4.69) is 4.98 Å². The highest BCUT2D eigenvalue weighted by Crippen LogP contribution is 2.32. The summed E-state index contributed by atoms with van der Waals surface area (Å²) in [5, 5.41) is 2.45. The van der Waals surface area contributed by atoms with Crippen LogP contribution in [0.15, 0.2) is 48.0 Å². The van der Waals surface area contributed by atoms with Crippen molar-refractivity contribution in [3.63, 3.8) is 0 Å². The maximum absolute atomic E-state index is 12.8. The number of aromatic amines is 1. The standard InChI is InChI=1S/C19H20N2O3S2/c22-19(12-14-13-20-16-5-2-1-4-15(14)16)21-8-7-18(17-6-3-10-25-17)26(23,24)11-9-21/h1-6,10,13,18,20H,7-9,11-12H2. The first-order chi connectivity index (χ1) is 12.5. The second-order valence-electron chi connectivity index (χ2n) is 6.58. The highest BCUT2D eigenvalue weighted by molar-refractivity contribution is 7.91. The van der Waals surface area contributed by atoms with Crippen LogP contribution in [-0.4, -0.2) is 43.1 Å². The number of carbonyl (C=O) groups is 1. The molecule has 1 amide bonds. The van der Waals surface area contributed by atoms with E-state index in [1.54, 1.807) is 4.90 Å². The number of amides is 1. The molecule has 1 atom stereocenters. The molecule has 0 bridgehead atoms. The molecule has 1 N–H and O–H groups in total. The van der Waals surface area contributed by atoms with E-state index in [1.165, 1.54) is 11.3 Å². The summed E-state index contributed by atoms with van der Waals surface area (Å²) in [6.45, 7) is 0.744. The molecule has 136 valence electrons.